The van der Waals surface area contributed by atoms with Gasteiger partial charge in [-0.3, -0.25) is 5.32 Å². The van der Waals surface area contributed by atoms with Crippen molar-refractivity contribution in [2.45, 2.75) is 57.3 Å². The second-order valence-electron chi connectivity index (χ2n) is 10.2. The van der Waals surface area contributed by atoms with Gasteiger partial charge in [-0.15, -0.1) is 0 Å². The number of amides is 1. The molecule has 192 valence electrons. The largest absolute Gasteiger partial charge is 0.491 e. The lowest BCUT2D eigenvalue weighted by Gasteiger charge is -2.30. The summed E-state index contributed by atoms with van der Waals surface area (Å²) in [4.78, 5) is 12.3. The monoisotopic (exact) mass is 501 g/mol. The summed E-state index contributed by atoms with van der Waals surface area (Å²) in [6, 6.07) is 16.3. The summed E-state index contributed by atoms with van der Waals surface area (Å²) in [5, 5.41) is 13.9. The minimum absolute atomic E-state index is 0.0662. The first-order valence-corrected chi connectivity index (χ1v) is 13.1. The van der Waals surface area contributed by atoms with Crippen LogP contribution in [0, 0.1) is 17.2 Å². The molecule has 8 nitrogen and oxygen atoms in total. The molecule has 3 aromatic rings. The van der Waals surface area contributed by atoms with Crippen molar-refractivity contribution in [2.75, 3.05) is 25.3 Å². The summed E-state index contributed by atoms with van der Waals surface area (Å²) < 4.78 is 24.5. The molecule has 0 radical (unpaired) electrons. The molecule has 2 aliphatic carbocycles. The van der Waals surface area contributed by atoms with Crippen LogP contribution in [0.4, 0.5) is 10.5 Å². The lowest BCUT2D eigenvalue weighted by Crippen LogP contribution is -2.21. The Hall–Kier alpha value is -3.54. The zero-order valence-corrected chi connectivity index (χ0v) is 20.9. The van der Waals surface area contributed by atoms with Crippen molar-refractivity contribution in [3.8, 4) is 23.1 Å². The normalized spacial score (nSPS) is 20.3. The Morgan fingerprint density at radius 3 is 2.65 bits per heavy atom. The molecular formula is C29H31N3O5. The first-order valence-electron chi connectivity index (χ1n) is 13.1. The average molecular weight is 502 g/mol. The number of benzene rings is 2. The Kier molecular flexibility index (Phi) is 6.49. The van der Waals surface area contributed by atoms with Gasteiger partial charge in [0.25, 0.3) is 0 Å². The topological polar surface area (TPSA) is 94.7 Å². The highest BCUT2D eigenvalue weighted by Crippen LogP contribution is 2.43. The molecule has 1 amide bonds. The van der Waals surface area contributed by atoms with Crippen molar-refractivity contribution in [1.82, 2.24) is 4.57 Å². The lowest BCUT2D eigenvalue weighted by atomic mass is 9.92. The van der Waals surface area contributed by atoms with Crippen LogP contribution in [0.5, 0.6) is 5.75 Å². The summed E-state index contributed by atoms with van der Waals surface area (Å²) in [6.07, 6.45) is 4.99. The van der Waals surface area contributed by atoms with Crippen LogP contribution in [-0.2, 0) is 14.2 Å². The fraction of sp³-hybridized carbons (Fsp3) is 0.448. The van der Waals surface area contributed by atoms with Crippen LogP contribution in [0.3, 0.4) is 0 Å². The number of nitrogens with one attached hydrogen (secondary N) is 1. The van der Waals surface area contributed by atoms with E-state index in [1.54, 1.807) is 0 Å². The summed E-state index contributed by atoms with van der Waals surface area (Å²) in [6.45, 7) is 3.20. The van der Waals surface area contributed by atoms with E-state index in [1.165, 1.54) is 6.42 Å². The molecule has 2 saturated carbocycles. The second kappa shape index (κ2) is 10.1. The molecule has 2 heterocycles. The number of carbonyl (C=O) groups is 1. The zero-order chi connectivity index (χ0) is 25.4. The standard InChI is InChI=1S/C29H31N3O5/c1-18(19-5-6-19)37-29(33)31-21-9-7-20(8-10-21)28-26(14-30)25-12-11-23(35-16-24-15-34-17-36-24)13-27(25)32(28)22-3-2-4-22/h7-13,18-19,22,24H,2-6,15-17H2,1H3,(H,31,33)/t18-,24?/m1/s1. The number of nitrogens with zero attached hydrogens (tertiary/aromatic N) is 2. The number of anilines is 1. The Labute approximate surface area is 216 Å². The highest BCUT2D eigenvalue weighted by Gasteiger charge is 2.31. The Morgan fingerprint density at radius 1 is 1.19 bits per heavy atom. The SMILES string of the molecule is C[C@@H](OC(=O)Nc1ccc(-c2c(C#N)c3ccc(OCC4COCO4)cc3n2C2CCC2)cc1)C1CC1. The van der Waals surface area contributed by atoms with Crippen LogP contribution < -0.4 is 10.1 Å². The third-order valence-corrected chi connectivity index (χ3v) is 7.64. The van der Waals surface area contributed by atoms with Crippen molar-refractivity contribution in [1.29, 1.82) is 5.26 Å². The fourth-order valence-corrected chi connectivity index (χ4v) is 5.15. The van der Waals surface area contributed by atoms with Crippen LogP contribution in [0.25, 0.3) is 22.2 Å². The first kappa shape index (κ1) is 23.8. The summed E-state index contributed by atoms with van der Waals surface area (Å²) in [5.41, 5.74) is 4.15. The summed E-state index contributed by atoms with van der Waals surface area (Å²) in [5.74, 6) is 1.23. The maximum Gasteiger partial charge on any atom is 0.411 e. The molecule has 8 heteroatoms. The molecule has 1 aromatic heterocycles. The van der Waals surface area contributed by atoms with Gasteiger partial charge in [0.2, 0.25) is 0 Å². The van der Waals surface area contributed by atoms with E-state index in [2.05, 4.69) is 16.0 Å². The molecule has 3 aliphatic rings. The van der Waals surface area contributed by atoms with Crippen molar-refractivity contribution >= 4 is 22.7 Å². The van der Waals surface area contributed by atoms with E-state index < -0.39 is 6.09 Å². The number of nitriles is 1. The number of aromatic nitrogens is 1. The summed E-state index contributed by atoms with van der Waals surface area (Å²) in [7, 11) is 0. The molecule has 1 N–H and O–H groups in total. The fourth-order valence-electron chi connectivity index (χ4n) is 5.15. The Morgan fingerprint density at radius 2 is 2.00 bits per heavy atom. The van der Waals surface area contributed by atoms with E-state index in [-0.39, 0.29) is 12.2 Å². The van der Waals surface area contributed by atoms with E-state index in [4.69, 9.17) is 18.9 Å². The minimum Gasteiger partial charge on any atom is -0.491 e. The van der Waals surface area contributed by atoms with E-state index in [0.29, 0.717) is 43.2 Å². The van der Waals surface area contributed by atoms with Crippen LogP contribution in [0.15, 0.2) is 42.5 Å². The molecule has 6 rings (SSSR count). The molecule has 0 bridgehead atoms. The lowest BCUT2D eigenvalue weighted by molar-refractivity contribution is 0.0320. The molecule has 1 unspecified atom stereocenters. The van der Waals surface area contributed by atoms with E-state index >= 15 is 0 Å². The first-order chi connectivity index (χ1) is 18.1. The van der Waals surface area contributed by atoms with Gasteiger partial charge < -0.3 is 23.5 Å². The number of hydrogen-bond acceptors (Lipinski definition) is 6. The number of carbonyl (C=O) groups excluding carboxylic acids is 1. The zero-order valence-electron chi connectivity index (χ0n) is 20.9. The molecular weight excluding hydrogens is 470 g/mol. The van der Waals surface area contributed by atoms with Gasteiger partial charge in [0, 0.05) is 23.2 Å². The van der Waals surface area contributed by atoms with Gasteiger partial charge in [0.15, 0.2) is 0 Å². The van der Waals surface area contributed by atoms with Gasteiger partial charge in [-0.1, -0.05) is 12.1 Å². The van der Waals surface area contributed by atoms with Crippen LogP contribution in [-0.4, -0.2) is 42.9 Å². The van der Waals surface area contributed by atoms with Crippen LogP contribution in [0.2, 0.25) is 0 Å². The van der Waals surface area contributed by atoms with Gasteiger partial charge in [-0.05, 0) is 74.8 Å². The van der Waals surface area contributed by atoms with Crippen molar-refractivity contribution in [3.05, 3.63) is 48.0 Å². The van der Waals surface area contributed by atoms with Crippen molar-refractivity contribution in [2.24, 2.45) is 5.92 Å². The third kappa shape index (κ3) is 4.89. The van der Waals surface area contributed by atoms with E-state index in [9.17, 15) is 10.1 Å². The van der Waals surface area contributed by atoms with Crippen LogP contribution in [0.1, 0.15) is 50.6 Å². The number of rotatable bonds is 8. The van der Waals surface area contributed by atoms with E-state index in [0.717, 1.165) is 53.6 Å². The molecule has 1 aliphatic heterocycles. The quantitative estimate of drug-likeness (QED) is 0.407. The van der Waals surface area contributed by atoms with Gasteiger partial charge in [0.1, 0.15) is 37.4 Å². The number of hydrogen-bond donors (Lipinski definition) is 1. The maximum absolute atomic E-state index is 12.3. The predicted molar refractivity (Wildman–Crippen MR) is 138 cm³/mol. The molecule has 0 spiro atoms. The number of ether oxygens (including phenoxy) is 4. The van der Waals surface area contributed by atoms with Gasteiger partial charge in [-0.25, -0.2) is 4.79 Å². The van der Waals surface area contributed by atoms with Crippen molar-refractivity contribution < 1.29 is 23.7 Å². The smallest absolute Gasteiger partial charge is 0.411 e. The number of fused-ring (bicyclic) bond motifs is 1. The van der Waals surface area contributed by atoms with Gasteiger partial charge >= 0.3 is 6.09 Å². The second-order valence-corrected chi connectivity index (χ2v) is 10.2. The Balaban J connectivity index is 1.29. The van der Waals surface area contributed by atoms with Crippen molar-refractivity contribution in [3.63, 3.8) is 0 Å². The van der Waals surface area contributed by atoms with Crippen LogP contribution >= 0.6 is 0 Å². The minimum atomic E-state index is -0.435. The summed E-state index contributed by atoms with van der Waals surface area (Å²) >= 11 is 0. The van der Waals surface area contributed by atoms with Gasteiger partial charge in [-0.2, -0.15) is 5.26 Å². The molecule has 2 atom stereocenters. The highest BCUT2D eigenvalue weighted by atomic mass is 16.7. The van der Waals surface area contributed by atoms with E-state index in [1.807, 2.05) is 49.4 Å². The molecule has 1 saturated heterocycles. The maximum atomic E-state index is 12.3. The third-order valence-electron chi connectivity index (χ3n) is 7.64. The molecule has 37 heavy (non-hydrogen) atoms. The van der Waals surface area contributed by atoms with Gasteiger partial charge in [0.05, 0.1) is 23.4 Å². The molecule has 3 fully saturated rings. The highest BCUT2D eigenvalue weighted by molar-refractivity contribution is 5.96. The average Bonchev–Trinajstić information content (AvgIpc) is 3.51. The Bertz CT molecular complexity index is 1330. The predicted octanol–water partition coefficient (Wildman–Crippen LogP) is 6.00. The molecule has 2 aromatic carbocycles.